The Morgan fingerprint density at radius 2 is 1.74 bits per heavy atom. The fourth-order valence-corrected chi connectivity index (χ4v) is 2.91. The number of nitrogens with one attached hydrogen (secondary N) is 1. The van der Waals surface area contributed by atoms with Crippen molar-refractivity contribution in [2.24, 2.45) is 0 Å². The minimum atomic E-state index is -4.38. The Bertz CT molecular complexity index is 693. The van der Waals surface area contributed by atoms with E-state index in [-0.39, 0.29) is 11.7 Å². The molecule has 0 aliphatic heterocycles. The predicted octanol–water partition coefficient (Wildman–Crippen LogP) is 5.05. The number of amides is 1. The largest absolute Gasteiger partial charge is 0.416 e. The van der Waals surface area contributed by atoms with Gasteiger partial charge in [-0.25, -0.2) is 0 Å². The van der Waals surface area contributed by atoms with Gasteiger partial charge in [0.1, 0.15) is 0 Å². The topological polar surface area (TPSA) is 29.1 Å². The van der Waals surface area contributed by atoms with Gasteiger partial charge in [0.25, 0.3) is 0 Å². The number of anilines is 1. The molecule has 0 saturated heterocycles. The molecule has 6 heteroatoms. The van der Waals surface area contributed by atoms with Gasteiger partial charge in [-0.15, -0.1) is 11.8 Å². The van der Waals surface area contributed by atoms with Crippen LogP contribution >= 0.6 is 11.8 Å². The second-order valence-corrected chi connectivity index (χ2v) is 6.29. The fraction of sp³-hybridized carbons (Fsp3) is 0.235. The Hall–Kier alpha value is -1.95. The van der Waals surface area contributed by atoms with Crippen molar-refractivity contribution in [3.63, 3.8) is 0 Å². The van der Waals surface area contributed by atoms with E-state index in [2.05, 4.69) is 5.32 Å². The third kappa shape index (κ3) is 5.32. The molecule has 0 fully saturated rings. The van der Waals surface area contributed by atoms with Crippen LogP contribution in [0.1, 0.15) is 16.7 Å². The van der Waals surface area contributed by atoms with Crippen LogP contribution in [0.5, 0.6) is 0 Å². The van der Waals surface area contributed by atoms with Crippen molar-refractivity contribution < 1.29 is 18.0 Å². The van der Waals surface area contributed by atoms with Gasteiger partial charge >= 0.3 is 6.18 Å². The zero-order chi connectivity index (χ0) is 17.0. The molecule has 2 aromatic carbocycles. The van der Waals surface area contributed by atoms with Crippen LogP contribution in [0, 0.1) is 13.8 Å². The highest BCUT2D eigenvalue weighted by Crippen LogP contribution is 2.31. The lowest BCUT2D eigenvalue weighted by Crippen LogP contribution is -2.14. The maximum absolute atomic E-state index is 12.6. The lowest BCUT2D eigenvalue weighted by molar-refractivity contribution is -0.137. The van der Waals surface area contributed by atoms with E-state index in [1.165, 1.54) is 6.07 Å². The molecule has 2 nitrogen and oxygen atoms in total. The van der Waals surface area contributed by atoms with Crippen molar-refractivity contribution in [1.82, 2.24) is 0 Å². The average molecular weight is 339 g/mol. The van der Waals surface area contributed by atoms with Crippen LogP contribution in [0.15, 0.2) is 47.4 Å². The van der Waals surface area contributed by atoms with E-state index in [1.807, 2.05) is 32.0 Å². The summed E-state index contributed by atoms with van der Waals surface area (Å²) in [5.41, 5.74) is 2.05. The Morgan fingerprint density at radius 3 is 2.35 bits per heavy atom. The van der Waals surface area contributed by atoms with E-state index < -0.39 is 11.7 Å². The molecule has 0 aliphatic rings. The van der Waals surface area contributed by atoms with Crippen LogP contribution in [-0.4, -0.2) is 11.7 Å². The first-order chi connectivity index (χ1) is 10.7. The summed E-state index contributed by atoms with van der Waals surface area (Å²) in [4.78, 5) is 12.3. The zero-order valence-electron chi connectivity index (χ0n) is 12.7. The lowest BCUT2D eigenvalue weighted by atomic mass is 10.1. The van der Waals surface area contributed by atoms with Gasteiger partial charge in [-0.1, -0.05) is 12.1 Å². The molecule has 0 aromatic heterocycles. The summed E-state index contributed by atoms with van der Waals surface area (Å²) in [6, 6.07) is 10.7. The van der Waals surface area contributed by atoms with Gasteiger partial charge in [0.05, 0.1) is 11.3 Å². The Morgan fingerprint density at radius 1 is 1.09 bits per heavy atom. The van der Waals surface area contributed by atoms with Gasteiger partial charge in [0, 0.05) is 10.6 Å². The van der Waals surface area contributed by atoms with Gasteiger partial charge in [-0.2, -0.15) is 13.2 Å². The van der Waals surface area contributed by atoms with Crippen molar-refractivity contribution in [2.45, 2.75) is 24.9 Å². The first-order valence-electron chi connectivity index (χ1n) is 6.92. The second kappa shape index (κ2) is 7.08. The molecule has 2 aromatic rings. The van der Waals surface area contributed by atoms with Gasteiger partial charge < -0.3 is 5.32 Å². The third-order valence-corrected chi connectivity index (χ3v) is 4.03. The van der Waals surface area contributed by atoms with E-state index in [0.717, 1.165) is 35.0 Å². The van der Waals surface area contributed by atoms with Crippen LogP contribution < -0.4 is 5.32 Å². The first kappa shape index (κ1) is 17.4. The van der Waals surface area contributed by atoms with Crippen molar-refractivity contribution >= 4 is 23.4 Å². The standard InChI is InChI=1S/C17H16F3NOS/c1-11-6-12(2)8-14(7-11)21-16(22)10-23-15-5-3-4-13(9-15)17(18,19)20/h3-9H,10H2,1-2H3,(H,21,22). The number of halogens is 3. The molecule has 2 rings (SSSR count). The number of carbonyl (C=O) groups excluding carboxylic acids is 1. The SMILES string of the molecule is Cc1cc(C)cc(NC(=O)CSc2cccc(C(F)(F)F)c2)c1. The zero-order valence-corrected chi connectivity index (χ0v) is 13.5. The van der Waals surface area contributed by atoms with Crippen molar-refractivity contribution in [3.8, 4) is 0 Å². The molecular weight excluding hydrogens is 323 g/mol. The smallest absolute Gasteiger partial charge is 0.325 e. The lowest BCUT2D eigenvalue weighted by Gasteiger charge is -2.09. The number of alkyl halides is 3. The highest BCUT2D eigenvalue weighted by atomic mass is 32.2. The second-order valence-electron chi connectivity index (χ2n) is 5.24. The van der Waals surface area contributed by atoms with Crippen molar-refractivity contribution in [1.29, 1.82) is 0 Å². The molecule has 0 atom stereocenters. The molecule has 122 valence electrons. The molecule has 0 unspecified atom stereocenters. The summed E-state index contributed by atoms with van der Waals surface area (Å²) in [5.74, 6) is -0.202. The summed E-state index contributed by atoms with van der Waals surface area (Å²) in [6.45, 7) is 3.86. The molecule has 0 radical (unpaired) electrons. The van der Waals surface area contributed by atoms with Crippen molar-refractivity contribution in [3.05, 3.63) is 59.2 Å². The Kier molecular flexibility index (Phi) is 5.36. The highest BCUT2D eigenvalue weighted by molar-refractivity contribution is 8.00. The molecular formula is C17H16F3NOS. The predicted molar refractivity (Wildman–Crippen MR) is 86.7 cm³/mol. The van der Waals surface area contributed by atoms with Gasteiger partial charge in [-0.3, -0.25) is 4.79 Å². The van der Waals surface area contributed by atoms with Gasteiger partial charge in [0.2, 0.25) is 5.91 Å². The molecule has 0 saturated carbocycles. The van der Waals surface area contributed by atoms with Crippen LogP contribution in [0.4, 0.5) is 18.9 Å². The van der Waals surface area contributed by atoms with E-state index in [0.29, 0.717) is 10.6 Å². The van der Waals surface area contributed by atoms with Crippen LogP contribution in [-0.2, 0) is 11.0 Å². The number of benzene rings is 2. The molecule has 1 amide bonds. The van der Waals surface area contributed by atoms with E-state index in [4.69, 9.17) is 0 Å². The molecule has 0 spiro atoms. The van der Waals surface area contributed by atoms with Crippen LogP contribution in [0.2, 0.25) is 0 Å². The molecule has 0 heterocycles. The van der Waals surface area contributed by atoms with Gasteiger partial charge in [-0.05, 0) is 55.3 Å². The maximum Gasteiger partial charge on any atom is 0.416 e. The number of carbonyl (C=O) groups is 1. The molecule has 1 N–H and O–H groups in total. The van der Waals surface area contributed by atoms with E-state index in [9.17, 15) is 18.0 Å². The number of rotatable bonds is 4. The summed E-state index contributed by atoms with van der Waals surface area (Å²) in [5, 5.41) is 2.76. The minimum Gasteiger partial charge on any atom is -0.325 e. The fourth-order valence-electron chi connectivity index (χ4n) is 2.16. The van der Waals surface area contributed by atoms with E-state index >= 15 is 0 Å². The average Bonchev–Trinajstić information content (AvgIpc) is 2.43. The molecule has 0 bridgehead atoms. The Labute approximate surface area is 137 Å². The normalized spacial score (nSPS) is 11.3. The van der Waals surface area contributed by atoms with Crippen molar-refractivity contribution in [2.75, 3.05) is 11.1 Å². The number of hydrogen-bond acceptors (Lipinski definition) is 2. The highest BCUT2D eigenvalue weighted by Gasteiger charge is 2.30. The summed E-state index contributed by atoms with van der Waals surface area (Å²) < 4.78 is 37.9. The molecule has 23 heavy (non-hydrogen) atoms. The first-order valence-corrected chi connectivity index (χ1v) is 7.91. The number of thioether (sulfide) groups is 1. The summed E-state index contributed by atoms with van der Waals surface area (Å²) in [7, 11) is 0. The number of hydrogen-bond donors (Lipinski definition) is 1. The molecule has 0 aliphatic carbocycles. The van der Waals surface area contributed by atoms with E-state index in [1.54, 1.807) is 6.07 Å². The monoisotopic (exact) mass is 339 g/mol. The minimum absolute atomic E-state index is 0.0499. The van der Waals surface area contributed by atoms with Crippen LogP contribution in [0.25, 0.3) is 0 Å². The number of aryl methyl sites for hydroxylation is 2. The van der Waals surface area contributed by atoms with Crippen LogP contribution in [0.3, 0.4) is 0 Å². The maximum atomic E-state index is 12.6. The quantitative estimate of drug-likeness (QED) is 0.790. The summed E-state index contributed by atoms with van der Waals surface area (Å²) >= 11 is 1.07. The third-order valence-electron chi connectivity index (χ3n) is 3.04. The summed E-state index contributed by atoms with van der Waals surface area (Å²) in [6.07, 6.45) is -4.38. The Balaban J connectivity index is 1.97. The van der Waals surface area contributed by atoms with Gasteiger partial charge in [0.15, 0.2) is 0 Å².